The number of benzene rings is 2. The first-order chi connectivity index (χ1) is 11.7. The fourth-order valence-corrected chi connectivity index (χ4v) is 2.49. The Morgan fingerprint density at radius 3 is 2.67 bits per heavy atom. The van der Waals surface area contributed by atoms with Gasteiger partial charge in [0.2, 0.25) is 0 Å². The van der Waals surface area contributed by atoms with E-state index in [1.807, 2.05) is 42.5 Å². The summed E-state index contributed by atoms with van der Waals surface area (Å²) in [7, 11) is 3.21. The van der Waals surface area contributed by atoms with Crippen LogP contribution in [-0.2, 0) is 0 Å². The summed E-state index contributed by atoms with van der Waals surface area (Å²) in [6, 6.07) is 13.0. The molecule has 6 heteroatoms. The lowest BCUT2D eigenvalue weighted by Gasteiger charge is -2.08. The van der Waals surface area contributed by atoms with Gasteiger partial charge in [-0.25, -0.2) is 0 Å². The summed E-state index contributed by atoms with van der Waals surface area (Å²) in [6.45, 7) is 0. The smallest absolute Gasteiger partial charge is 0.161 e. The van der Waals surface area contributed by atoms with Crippen molar-refractivity contribution in [3.05, 3.63) is 59.2 Å². The molecule has 0 amide bonds. The number of hydrazone groups is 1. The van der Waals surface area contributed by atoms with E-state index in [0.29, 0.717) is 16.5 Å². The van der Waals surface area contributed by atoms with Crippen LogP contribution >= 0.6 is 11.6 Å². The molecule has 3 rings (SSSR count). The Kier molecular flexibility index (Phi) is 4.82. The third-order valence-electron chi connectivity index (χ3n) is 3.51. The van der Waals surface area contributed by atoms with E-state index in [-0.39, 0.29) is 0 Å². The summed E-state index contributed by atoms with van der Waals surface area (Å²) < 4.78 is 10.5. The number of nitrogens with one attached hydrogen (secondary N) is 1. The van der Waals surface area contributed by atoms with Gasteiger partial charge in [-0.3, -0.25) is 10.4 Å². The van der Waals surface area contributed by atoms with Crippen molar-refractivity contribution >= 4 is 34.4 Å². The number of anilines is 1. The van der Waals surface area contributed by atoms with Crippen molar-refractivity contribution in [2.45, 2.75) is 0 Å². The number of hydrogen-bond acceptors (Lipinski definition) is 5. The molecule has 0 atom stereocenters. The first-order valence-electron chi connectivity index (χ1n) is 7.26. The van der Waals surface area contributed by atoms with E-state index < -0.39 is 0 Å². The maximum absolute atomic E-state index is 6.00. The van der Waals surface area contributed by atoms with Crippen LogP contribution in [0.1, 0.15) is 5.56 Å². The number of fused-ring (bicyclic) bond motifs is 1. The van der Waals surface area contributed by atoms with Crippen LogP contribution in [0.25, 0.3) is 10.9 Å². The van der Waals surface area contributed by atoms with Gasteiger partial charge < -0.3 is 9.47 Å². The Balaban J connectivity index is 1.82. The lowest BCUT2D eigenvalue weighted by atomic mass is 10.2. The molecular weight excluding hydrogens is 326 g/mol. The van der Waals surface area contributed by atoms with E-state index in [2.05, 4.69) is 15.5 Å². The topological polar surface area (TPSA) is 55.7 Å². The minimum absolute atomic E-state index is 0.654. The van der Waals surface area contributed by atoms with Gasteiger partial charge in [0.1, 0.15) is 0 Å². The molecule has 0 fully saturated rings. The Labute approximate surface area is 144 Å². The van der Waals surface area contributed by atoms with Crippen molar-refractivity contribution in [2.24, 2.45) is 5.10 Å². The highest BCUT2D eigenvalue weighted by Crippen LogP contribution is 2.27. The summed E-state index contributed by atoms with van der Waals surface area (Å²) in [4.78, 5) is 4.30. The number of methoxy groups -OCH3 is 2. The highest BCUT2D eigenvalue weighted by Gasteiger charge is 2.04. The summed E-state index contributed by atoms with van der Waals surface area (Å²) in [5.41, 5.74) is 5.60. The van der Waals surface area contributed by atoms with Gasteiger partial charge in [0, 0.05) is 16.6 Å². The van der Waals surface area contributed by atoms with Crippen molar-refractivity contribution in [1.82, 2.24) is 4.98 Å². The lowest BCUT2D eigenvalue weighted by molar-refractivity contribution is 0.355. The molecule has 0 unspecified atom stereocenters. The lowest BCUT2D eigenvalue weighted by Crippen LogP contribution is -1.95. The van der Waals surface area contributed by atoms with Crippen molar-refractivity contribution in [3.8, 4) is 11.5 Å². The van der Waals surface area contributed by atoms with Crippen molar-refractivity contribution in [2.75, 3.05) is 19.6 Å². The van der Waals surface area contributed by atoms with Crippen molar-refractivity contribution < 1.29 is 9.47 Å². The number of ether oxygens (including phenoxy) is 2. The molecule has 5 nitrogen and oxygen atoms in total. The predicted molar refractivity (Wildman–Crippen MR) is 97.5 cm³/mol. The quantitative estimate of drug-likeness (QED) is 0.553. The Bertz CT molecular complexity index is 897. The molecule has 1 N–H and O–H groups in total. The maximum Gasteiger partial charge on any atom is 0.161 e. The highest BCUT2D eigenvalue weighted by atomic mass is 35.5. The van der Waals surface area contributed by atoms with Crippen LogP contribution in [0.2, 0.25) is 5.02 Å². The van der Waals surface area contributed by atoms with Gasteiger partial charge in [-0.15, -0.1) is 0 Å². The maximum atomic E-state index is 6.00. The Morgan fingerprint density at radius 1 is 1.04 bits per heavy atom. The molecule has 0 aliphatic rings. The molecule has 24 heavy (non-hydrogen) atoms. The summed E-state index contributed by atoms with van der Waals surface area (Å²) in [6.07, 6.45) is 3.43. The summed E-state index contributed by atoms with van der Waals surface area (Å²) >= 11 is 6.00. The zero-order chi connectivity index (χ0) is 16.9. The van der Waals surface area contributed by atoms with Gasteiger partial charge in [0.15, 0.2) is 11.5 Å². The number of pyridine rings is 1. The second-order valence-corrected chi connectivity index (χ2v) is 5.44. The SMILES string of the molecule is COc1ccc(/C=N\Nc2ccnc3cc(Cl)ccc23)cc1OC. The minimum Gasteiger partial charge on any atom is -0.493 e. The van der Waals surface area contributed by atoms with Crippen molar-refractivity contribution in [1.29, 1.82) is 0 Å². The molecule has 3 aromatic rings. The van der Waals surface area contributed by atoms with Gasteiger partial charge in [0.05, 0.1) is 31.6 Å². The highest BCUT2D eigenvalue weighted by molar-refractivity contribution is 6.31. The van der Waals surface area contributed by atoms with Crippen LogP contribution in [0, 0.1) is 0 Å². The molecule has 2 aromatic carbocycles. The third-order valence-corrected chi connectivity index (χ3v) is 3.75. The average molecular weight is 342 g/mol. The molecule has 0 aliphatic heterocycles. The fraction of sp³-hybridized carbons (Fsp3) is 0.111. The fourth-order valence-electron chi connectivity index (χ4n) is 2.33. The Morgan fingerprint density at radius 2 is 1.88 bits per heavy atom. The number of nitrogens with zero attached hydrogens (tertiary/aromatic N) is 2. The van der Waals surface area contributed by atoms with Crippen LogP contribution in [0.3, 0.4) is 0 Å². The standard InChI is InChI=1S/C18H16ClN3O2/c1-23-17-6-3-12(9-18(17)24-2)11-21-22-15-7-8-20-16-10-13(19)4-5-14(15)16/h3-11H,1-2H3,(H,20,22)/b21-11-. The predicted octanol–water partition coefficient (Wildman–Crippen LogP) is 4.35. The average Bonchev–Trinajstić information content (AvgIpc) is 2.61. The first-order valence-corrected chi connectivity index (χ1v) is 7.64. The van der Waals surface area contributed by atoms with Crippen LogP contribution < -0.4 is 14.9 Å². The molecule has 1 heterocycles. The van der Waals surface area contributed by atoms with E-state index in [1.165, 1.54) is 0 Å². The zero-order valence-corrected chi connectivity index (χ0v) is 14.0. The molecule has 0 bridgehead atoms. The molecule has 0 radical (unpaired) electrons. The minimum atomic E-state index is 0.654. The molecule has 1 aromatic heterocycles. The monoisotopic (exact) mass is 341 g/mol. The van der Waals surface area contributed by atoms with E-state index in [0.717, 1.165) is 22.2 Å². The third kappa shape index (κ3) is 3.41. The number of halogens is 1. The zero-order valence-electron chi connectivity index (χ0n) is 13.3. The largest absolute Gasteiger partial charge is 0.493 e. The second-order valence-electron chi connectivity index (χ2n) is 5.00. The van der Waals surface area contributed by atoms with Crippen molar-refractivity contribution in [3.63, 3.8) is 0 Å². The second kappa shape index (κ2) is 7.19. The van der Waals surface area contributed by atoms with Gasteiger partial charge in [-0.2, -0.15) is 5.10 Å². The van der Waals surface area contributed by atoms with Crippen LogP contribution in [0.4, 0.5) is 5.69 Å². The Hall–Kier alpha value is -2.79. The van der Waals surface area contributed by atoms with Crippen LogP contribution in [0.5, 0.6) is 11.5 Å². The van der Waals surface area contributed by atoms with E-state index in [9.17, 15) is 0 Å². The van der Waals surface area contributed by atoms with Gasteiger partial charge in [0.25, 0.3) is 0 Å². The molecular formula is C18H16ClN3O2. The molecule has 0 saturated carbocycles. The first kappa shape index (κ1) is 16.1. The normalized spacial score (nSPS) is 11.0. The summed E-state index contributed by atoms with van der Waals surface area (Å²) in [5.74, 6) is 1.34. The van der Waals surface area contributed by atoms with Crippen LogP contribution in [0.15, 0.2) is 53.8 Å². The molecule has 0 spiro atoms. The van der Waals surface area contributed by atoms with Gasteiger partial charge >= 0.3 is 0 Å². The van der Waals surface area contributed by atoms with Gasteiger partial charge in [-0.05, 0) is 48.0 Å². The molecule has 0 saturated heterocycles. The van der Waals surface area contributed by atoms with Gasteiger partial charge in [-0.1, -0.05) is 11.6 Å². The number of hydrogen-bond donors (Lipinski definition) is 1. The van der Waals surface area contributed by atoms with Crippen LogP contribution in [-0.4, -0.2) is 25.4 Å². The van der Waals surface area contributed by atoms with E-state index >= 15 is 0 Å². The molecule has 122 valence electrons. The summed E-state index contributed by atoms with van der Waals surface area (Å²) in [5, 5.41) is 5.89. The van der Waals surface area contributed by atoms with E-state index in [1.54, 1.807) is 26.6 Å². The van der Waals surface area contributed by atoms with E-state index in [4.69, 9.17) is 21.1 Å². The number of aromatic nitrogens is 1. The molecule has 0 aliphatic carbocycles. The number of rotatable bonds is 5.